The Bertz CT molecular complexity index is 313. The lowest BCUT2D eigenvalue weighted by Gasteiger charge is -2.37. The first kappa shape index (κ1) is 16.5. The lowest BCUT2D eigenvalue weighted by molar-refractivity contribution is -0.873. The molecule has 0 aromatic carbocycles. The highest BCUT2D eigenvalue weighted by Gasteiger charge is 2.34. The average Bonchev–Trinajstić information content (AvgIpc) is 2.12. The predicted molar refractivity (Wildman–Crippen MR) is 77.6 cm³/mol. The molecule has 0 spiro atoms. The molecule has 0 bridgehead atoms. The Morgan fingerprint density at radius 2 is 1.94 bits per heavy atom. The van der Waals surface area contributed by atoms with Crippen molar-refractivity contribution in [1.82, 2.24) is 0 Å². The van der Waals surface area contributed by atoms with Gasteiger partial charge in [-0.25, -0.2) is 0 Å². The van der Waals surface area contributed by atoms with Gasteiger partial charge >= 0.3 is 6.72 Å². The molecule has 4 nitrogen and oxygen atoms in total. The van der Waals surface area contributed by atoms with E-state index in [9.17, 15) is 9.79 Å². The zero-order chi connectivity index (χ0) is 14.0. The summed E-state index contributed by atoms with van der Waals surface area (Å²) in [6.45, 7) is -0.557. The van der Waals surface area contributed by atoms with E-state index in [4.69, 9.17) is 4.52 Å². The molecule has 0 aliphatic heterocycles. The number of likely N-dealkylation sites (N-methyl/N-ethyl adjacent to an activating group) is 1. The van der Waals surface area contributed by atoms with Crippen LogP contribution in [0.5, 0.6) is 0 Å². The molecule has 0 heterocycles. The van der Waals surface area contributed by atoms with Crippen LogP contribution < -0.4 is 0 Å². The number of rotatable bonds is 5. The molecule has 0 amide bonds. The van der Waals surface area contributed by atoms with Crippen LogP contribution in [0.1, 0.15) is 32.6 Å². The molecule has 2 N–H and O–H groups in total. The highest BCUT2D eigenvalue weighted by atomic mass is 32.5. The quantitative estimate of drug-likeness (QED) is 0.603. The van der Waals surface area contributed by atoms with Gasteiger partial charge in [0, 0.05) is 0 Å². The van der Waals surface area contributed by atoms with Gasteiger partial charge < -0.3 is 14.3 Å². The van der Waals surface area contributed by atoms with Gasteiger partial charge in [0.15, 0.2) is 0 Å². The zero-order valence-corrected chi connectivity index (χ0v) is 13.6. The van der Waals surface area contributed by atoms with Gasteiger partial charge in [0.1, 0.15) is 12.6 Å². The second-order valence-corrected chi connectivity index (χ2v) is 9.26. The van der Waals surface area contributed by atoms with E-state index in [0.29, 0.717) is 11.8 Å². The maximum atomic E-state index is 9.43. The molecule has 108 valence electrons. The van der Waals surface area contributed by atoms with E-state index >= 15 is 0 Å². The maximum absolute atomic E-state index is 9.43. The Hall–Kier alpha value is 0.490. The van der Waals surface area contributed by atoms with Crippen LogP contribution in [-0.2, 0) is 16.3 Å². The van der Waals surface area contributed by atoms with Crippen molar-refractivity contribution >= 4 is 18.5 Å². The van der Waals surface area contributed by atoms with Crippen LogP contribution in [0.25, 0.3) is 0 Å². The van der Waals surface area contributed by atoms with Crippen molar-refractivity contribution in [2.75, 3.05) is 27.7 Å². The predicted octanol–water partition coefficient (Wildman–Crippen LogP) is 2.11. The number of hydrogen-bond acceptors (Lipinski definition) is 2. The average molecular weight is 296 g/mol. The van der Waals surface area contributed by atoms with Crippen molar-refractivity contribution in [3.63, 3.8) is 0 Å². The normalized spacial score (nSPS) is 28.1. The largest absolute Gasteiger partial charge is 0.329 e. The SMILES string of the molecule is CC1CCCC(C(C[N+](C)(C)C)OP(O)(O)=S)C1. The van der Waals surface area contributed by atoms with E-state index in [-0.39, 0.29) is 6.10 Å². The van der Waals surface area contributed by atoms with E-state index in [1.807, 2.05) is 0 Å². The van der Waals surface area contributed by atoms with Gasteiger partial charge in [0.05, 0.1) is 21.1 Å². The summed E-state index contributed by atoms with van der Waals surface area (Å²) in [6.07, 6.45) is 4.51. The second-order valence-electron chi connectivity index (χ2n) is 6.64. The molecule has 18 heavy (non-hydrogen) atoms. The Labute approximate surface area is 116 Å². The molecular formula is C12H27NO3PS+. The molecule has 0 aromatic heterocycles. The van der Waals surface area contributed by atoms with Crippen molar-refractivity contribution in [3.05, 3.63) is 0 Å². The van der Waals surface area contributed by atoms with E-state index in [1.165, 1.54) is 12.8 Å². The first-order valence-corrected chi connectivity index (χ1v) is 9.24. The van der Waals surface area contributed by atoms with Gasteiger partial charge in [-0.1, -0.05) is 19.8 Å². The van der Waals surface area contributed by atoms with Crippen molar-refractivity contribution < 1.29 is 18.8 Å². The molecule has 1 fully saturated rings. The fourth-order valence-electron chi connectivity index (χ4n) is 2.80. The molecule has 6 heteroatoms. The van der Waals surface area contributed by atoms with Crippen LogP contribution >= 0.6 is 6.72 Å². The summed E-state index contributed by atoms with van der Waals surface area (Å²) in [5.41, 5.74) is 0. The summed E-state index contributed by atoms with van der Waals surface area (Å²) >= 11 is 4.64. The van der Waals surface area contributed by atoms with Gasteiger partial charge in [0.25, 0.3) is 0 Å². The first-order chi connectivity index (χ1) is 8.07. The van der Waals surface area contributed by atoms with Crippen LogP contribution in [0.3, 0.4) is 0 Å². The van der Waals surface area contributed by atoms with Crippen LogP contribution in [-0.4, -0.2) is 48.1 Å². The molecule has 1 saturated carbocycles. The Kier molecular flexibility index (Phi) is 5.78. The number of hydrogen-bond donors (Lipinski definition) is 2. The van der Waals surface area contributed by atoms with Crippen molar-refractivity contribution in [2.45, 2.75) is 38.7 Å². The Morgan fingerprint density at radius 1 is 1.33 bits per heavy atom. The minimum atomic E-state index is -3.57. The van der Waals surface area contributed by atoms with E-state index in [2.05, 4.69) is 39.9 Å². The molecular weight excluding hydrogens is 269 g/mol. The zero-order valence-electron chi connectivity index (χ0n) is 11.9. The third-order valence-corrected chi connectivity index (χ3v) is 4.31. The van der Waals surface area contributed by atoms with Gasteiger partial charge in [-0.3, -0.25) is 4.52 Å². The Balaban J connectivity index is 2.72. The van der Waals surface area contributed by atoms with Crippen molar-refractivity contribution in [2.24, 2.45) is 11.8 Å². The molecule has 3 unspecified atom stereocenters. The van der Waals surface area contributed by atoms with E-state index in [1.54, 1.807) is 0 Å². The summed E-state index contributed by atoms with van der Waals surface area (Å²) in [6, 6.07) is 0. The smallest absolute Gasteiger partial charge is 0.322 e. The summed E-state index contributed by atoms with van der Waals surface area (Å²) in [5.74, 6) is 1.09. The monoisotopic (exact) mass is 296 g/mol. The van der Waals surface area contributed by atoms with Crippen molar-refractivity contribution in [1.29, 1.82) is 0 Å². The van der Waals surface area contributed by atoms with Crippen molar-refractivity contribution in [3.8, 4) is 0 Å². The highest BCUT2D eigenvalue weighted by Crippen LogP contribution is 2.43. The summed E-state index contributed by atoms with van der Waals surface area (Å²) in [7, 11) is 6.25. The first-order valence-electron chi connectivity index (χ1n) is 6.61. The molecule has 1 aliphatic rings. The summed E-state index contributed by atoms with van der Waals surface area (Å²) in [4.78, 5) is 18.9. The molecule has 0 aromatic rings. The molecule has 3 atom stereocenters. The van der Waals surface area contributed by atoms with Gasteiger partial charge in [-0.05, 0) is 36.5 Å². The maximum Gasteiger partial charge on any atom is 0.322 e. The van der Waals surface area contributed by atoms with Crippen LogP contribution in [0.4, 0.5) is 0 Å². The lowest BCUT2D eigenvalue weighted by atomic mass is 9.79. The highest BCUT2D eigenvalue weighted by molar-refractivity contribution is 8.06. The van der Waals surface area contributed by atoms with Crippen LogP contribution in [0.15, 0.2) is 0 Å². The third kappa shape index (κ3) is 6.60. The minimum Gasteiger partial charge on any atom is -0.329 e. The topological polar surface area (TPSA) is 49.7 Å². The fourth-order valence-corrected chi connectivity index (χ4v) is 3.73. The standard InChI is InChI=1S/C12H26NO3PS/c1-10-6-5-7-11(8-10)12(9-13(2,3)4)16-17(14,15)18/h10-12H,5-9H2,1-4H3,(H-,14,15,18)/p+1. The minimum absolute atomic E-state index is 0.145. The van der Waals surface area contributed by atoms with Gasteiger partial charge in [-0.15, -0.1) is 0 Å². The summed E-state index contributed by atoms with van der Waals surface area (Å²) in [5, 5.41) is 0. The van der Waals surface area contributed by atoms with E-state index in [0.717, 1.165) is 23.9 Å². The van der Waals surface area contributed by atoms with E-state index < -0.39 is 6.72 Å². The number of quaternary nitrogens is 1. The second kappa shape index (κ2) is 6.29. The molecule has 0 saturated heterocycles. The van der Waals surface area contributed by atoms with Gasteiger partial charge in [0.2, 0.25) is 0 Å². The van der Waals surface area contributed by atoms with Crippen LogP contribution in [0.2, 0.25) is 0 Å². The lowest BCUT2D eigenvalue weighted by Crippen LogP contribution is -2.45. The fraction of sp³-hybridized carbons (Fsp3) is 1.00. The number of nitrogens with zero attached hydrogens (tertiary/aromatic N) is 1. The van der Waals surface area contributed by atoms with Crippen LogP contribution in [0, 0.1) is 11.8 Å². The van der Waals surface area contributed by atoms with Gasteiger partial charge in [-0.2, -0.15) is 0 Å². The molecule has 1 aliphatic carbocycles. The third-order valence-electron chi connectivity index (χ3n) is 3.50. The molecule has 1 rings (SSSR count). The Morgan fingerprint density at radius 3 is 2.39 bits per heavy atom. The molecule has 0 radical (unpaired) electrons. The summed E-state index contributed by atoms with van der Waals surface area (Å²) < 4.78 is 6.16.